The summed E-state index contributed by atoms with van der Waals surface area (Å²) in [7, 11) is 5.32. The van der Waals surface area contributed by atoms with E-state index in [2.05, 4.69) is 14.9 Å². The van der Waals surface area contributed by atoms with Crippen LogP contribution in [0.1, 0.15) is 11.4 Å². The van der Waals surface area contributed by atoms with Gasteiger partial charge < -0.3 is 19.4 Å². The van der Waals surface area contributed by atoms with E-state index in [0.29, 0.717) is 0 Å². The van der Waals surface area contributed by atoms with Gasteiger partial charge in [-0.05, 0) is 18.2 Å². The lowest BCUT2D eigenvalue weighted by Crippen LogP contribution is -2.14. The van der Waals surface area contributed by atoms with Crippen LogP contribution in [0.3, 0.4) is 0 Å². The number of hydrogen-bond acceptors (Lipinski definition) is 4. The number of H-pyrrole nitrogens is 1. The van der Waals surface area contributed by atoms with Crippen LogP contribution in [-0.4, -0.2) is 36.1 Å². The topological polar surface area (TPSA) is 50.4 Å². The van der Waals surface area contributed by atoms with E-state index in [1.807, 2.05) is 37.5 Å². The highest BCUT2D eigenvalue weighted by molar-refractivity contribution is 5.68. The molecule has 0 unspecified atom stereocenters. The zero-order valence-electron chi connectivity index (χ0n) is 11.8. The summed E-state index contributed by atoms with van der Waals surface area (Å²) in [5.41, 5.74) is 3.03. The van der Waals surface area contributed by atoms with Crippen LogP contribution in [0, 0.1) is 0 Å². The lowest BCUT2D eigenvalue weighted by molar-refractivity contribution is 0.395. The predicted octanol–water partition coefficient (Wildman–Crippen LogP) is 2.51. The molecule has 5 heteroatoms. The maximum atomic E-state index is 5.43. The second kappa shape index (κ2) is 4.92. The third kappa shape index (κ3) is 2.11. The number of nitrogens with one attached hydrogen (secondary N) is 1. The van der Waals surface area contributed by atoms with Gasteiger partial charge in [-0.2, -0.15) is 0 Å². The maximum Gasteiger partial charge on any atom is 0.141 e. The van der Waals surface area contributed by atoms with E-state index in [1.165, 1.54) is 0 Å². The molecule has 3 rings (SSSR count). The van der Waals surface area contributed by atoms with Gasteiger partial charge in [0.2, 0.25) is 0 Å². The Morgan fingerprint density at radius 1 is 1.25 bits per heavy atom. The van der Waals surface area contributed by atoms with Crippen LogP contribution >= 0.6 is 0 Å². The van der Waals surface area contributed by atoms with Gasteiger partial charge in [-0.25, -0.2) is 4.98 Å². The Kier molecular flexibility index (Phi) is 3.10. The molecular weight excluding hydrogens is 254 g/mol. The van der Waals surface area contributed by atoms with Gasteiger partial charge in [0, 0.05) is 19.3 Å². The lowest BCUT2D eigenvalue weighted by atomic mass is 10.2. The van der Waals surface area contributed by atoms with E-state index < -0.39 is 0 Å². The molecule has 0 aliphatic carbocycles. The molecule has 0 saturated carbocycles. The molecule has 0 bridgehead atoms. The molecule has 0 amide bonds. The van der Waals surface area contributed by atoms with Crippen molar-refractivity contribution in [2.45, 2.75) is 6.54 Å². The van der Waals surface area contributed by atoms with Gasteiger partial charge in [0.05, 0.1) is 37.7 Å². The Hall–Kier alpha value is -2.43. The molecule has 0 saturated heterocycles. The fourth-order valence-corrected chi connectivity index (χ4v) is 2.29. The Balaban J connectivity index is 2.04. The third-order valence-electron chi connectivity index (χ3n) is 3.37. The summed E-state index contributed by atoms with van der Waals surface area (Å²) in [6.07, 6.45) is 4.07. The smallest absolute Gasteiger partial charge is 0.141 e. The largest absolute Gasteiger partial charge is 0.497 e. The van der Waals surface area contributed by atoms with Gasteiger partial charge in [0.15, 0.2) is 0 Å². The van der Waals surface area contributed by atoms with E-state index in [9.17, 15) is 0 Å². The summed E-state index contributed by atoms with van der Waals surface area (Å²) in [6.45, 7) is 0.806. The Morgan fingerprint density at radius 2 is 2.10 bits per heavy atom. The highest BCUT2D eigenvalue weighted by atomic mass is 16.5. The first-order chi connectivity index (χ1) is 9.71. The van der Waals surface area contributed by atoms with E-state index in [4.69, 9.17) is 9.47 Å². The molecule has 0 fully saturated rings. The summed E-state index contributed by atoms with van der Waals surface area (Å²) < 4.78 is 10.6. The molecule has 1 aromatic heterocycles. The monoisotopic (exact) mass is 271 g/mol. The highest BCUT2D eigenvalue weighted by Gasteiger charge is 2.16. The van der Waals surface area contributed by atoms with E-state index in [-0.39, 0.29) is 0 Å². The first kappa shape index (κ1) is 12.6. The molecule has 0 spiro atoms. The molecule has 20 heavy (non-hydrogen) atoms. The molecule has 0 atom stereocenters. The normalized spacial score (nSPS) is 13.2. The number of nitrogens with zero attached hydrogens (tertiary/aromatic N) is 2. The third-order valence-corrected chi connectivity index (χ3v) is 3.37. The van der Waals surface area contributed by atoms with Gasteiger partial charge in [0.1, 0.15) is 17.3 Å². The quantitative estimate of drug-likeness (QED) is 0.932. The summed E-state index contributed by atoms with van der Waals surface area (Å²) >= 11 is 0. The van der Waals surface area contributed by atoms with Crippen LogP contribution in [0.2, 0.25) is 0 Å². The van der Waals surface area contributed by atoms with Crippen molar-refractivity contribution in [1.29, 1.82) is 0 Å². The molecule has 104 valence electrons. The minimum Gasteiger partial charge on any atom is -0.497 e. The van der Waals surface area contributed by atoms with Crippen molar-refractivity contribution >= 4 is 6.08 Å². The van der Waals surface area contributed by atoms with Crippen LogP contribution in [0.15, 0.2) is 24.4 Å². The minimum absolute atomic E-state index is 0.743. The van der Waals surface area contributed by atoms with Crippen molar-refractivity contribution < 1.29 is 9.47 Å². The van der Waals surface area contributed by atoms with Crippen LogP contribution in [0.5, 0.6) is 11.5 Å². The van der Waals surface area contributed by atoms with Gasteiger partial charge in [0.25, 0.3) is 0 Å². The number of benzene rings is 1. The maximum absolute atomic E-state index is 5.43. The molecule has 5 nitrogen and oxygen atoms in total. The fraction of sp³-hybridized carbons (Fsp3) is 0.267. The molecule has 2 heterocycles. The Labute approximate surface area is 117 Å². The number of fused-ring (bicyclic) bond motifs is 1. The number of hydrogen-bond donors (Lipinski definition) is 1. The second-order valence-corrected chi connectivity index (χ2v) is 4.74. The average Bonchev–Trinajstić information content (AvgIpc) is 2.89. The van der Waals surface area contributed by atoms with Crippen molar-refractivity contribution in [1.82, 2.24) is 14.9 Å². The molecule has 2 aromatic rings. The van der Waals surface area contributed by atoms with Crippen molar-refractivity contribution in [2.24, 2.45) is 0 Å². The van der Waals surface area contributed by atoms with Crippen molar-refractivity contribution in [3.8, 4) is 22.9 Å². The van der Waals surface area contributed by atoms with Crippen molar-refractivity contribution in [3.05, 3.63) is 35.8 Å². The van der Waals surface area contributed by atoms with Gasteiger partial charge >= 0.3 is 0 Å². The van der Waals surface area contributed by atoms with Crippen LogP contribution < -0.4 is 9.47 Å². The number of aromatic nitrogens is 2. The minimum atomic E-state index is 0.743. The second-order valence-electron chi connectivity index (χ2n) is 4.74. The standard InChI is InChI=1S/C15H17N3O2/c1-18-7-6-12-13(9-18)17-15(16-12)11-5-4-10(19-2)8-14(11)20-3/h4-8H,9H2,1-3H3,(H,16,17). The van der Waals surface area contributed by atoms with Gasteiger partial charge in [-0.15, -0.1) is 0 Å². The van der Waals surface area contributed by atoms with Gasteiger partial charge in [-0.1, -0.05) is 0 Å². The van der Waals surface area contributed by atoms with Crippen LogP contribution in [0.25, 0.3) is 17.5 Å². The molecule has 1 aliphatic heterocycles. The summed E-state index contributed by atoms with van der Waals surface area (Å²) in [4.78, 5) is 10.1. The number of methoxy groups -OCH3 is 2. The van der Waals surface area contributed by atoms with Crippen LogP contribution in [-0.2, 0) is 6.54 Å². The first-order valence-corrected chi connectivity index (χ1v) is 6.41. The average molecular weight is 271 g/mol. The van der Waals surface area contributed by atoms with E-state index in [0.717, 1.165) is 40.8 Å². The van der Waals surface area contributed by atoms with Crippen molar-refractivity contribution in [2.75, 3.05) is 21.3 Å². The highest BCUT2D eigenvalue weighted by Crippen LogP contribution is 2.33. The van der Waals surface area contributed by atoms with Gasteiger partial charge in [-0.3, -0.25) is 0 Å². The molecule has 0 radical (unpaired) electrons. The van der Waals surface area contributed by atoms with Crippen LogP contribution in [0.4, 0.5) is 0 Å². The Bertz CT molecular complexity index is 661. The lowest BCUT2D eigenvalue weighted by Gasteiger charge is -2.16. The van der Waals surface area contributed by atoms with E-state index >= 15 is 0 Å². The molecule has 1 aliphatic rings. The number of imidazole rings is 1. The molecular formula is C15H17N3O2. The number of ether oxygens (including phenoxy) is 2. The number of rotatable bonds is 3. The zero-order chi connectivity index (χ0) is 14.1. The molecule has 1 aromatic carbocycles. The van der Waals surface area contributed by atoms with E-state index in [1.54, 1.807) is 14.2 Å². The summed E-state index contributed by atoms with van der Waals surface area (Å²) in [5, 5.41) is 0. The summed E-state index contributed by atoms with van der Waals surface area (Å²) in [5.74, 6) is 2.32. The Morgan fingerprint density at radius 3 is 2.85 bits per heavy atom. The zero-order valence-corrected chi connectivity index (χ0v) is 11.8. The predicted molar refractivity (Wildman–Crippen MR) is 77.6 cm³/mol. The fourth-order valence-electron chi connectivity index (χ4n) is 2.29. The summed E-state index contributed by atoms with van der Waals surface area (Å²) in [6, 6.07) is 5.72. The SMILES string of the molecule is COc1ccc(-c2nc3c([nH]2)C=CN(C)C3)c(OC)c1. The first-order valence-electron chi connectivity index (χ1n) is 6.41. The van der Waals surface area contributed by atoms with Crippen molar-refractivity contribution in [3.63, 3.8) is 0 Å². The number of aromatic amines is 1. The molecule has 1 N–H and O–H groups in total.